The summed E-state index contributed by atoms with van der Waals surface area (Å²) in [5.74, 6) is 0. The molecule has 3 heteroatoms. The Bertz CT molecular complexity index is 299. The minimum absolute atomic E-state index is 0.611. The number of hydrogen-bond acceptors (Lipinski definition) is 2. The predicted molar refractivity (Wildman–Crippen MR) is 61.7 cm³/mol. The fourth-order valence-corrected chi connectivity index (χ4v) is 1.46. The molecule has 0 saturated heterocycles. The molecule has 0 aliphatic rings. The molecule has 0 aliphatic carbocycles. The summed E-state index contributed by atoms with van der Waals surface area (Å²) in [6.07, 6.45) is 2.06. The van der Waals surface area contributed by atoms with Crippen molar-refractivity contribution in [3.63, 3.8) is 0 Å². The van der Waals surface area contributed by atoms with Crippen LogP contribution in [0.15, 0.2) is 40.8 Å². The van der Waals surface area contributed by atoms with Crippen LogP contribution in [0.1, 0.15) is 0 Å². The number of nitrogens with one attached hydrogen (secondary N) is 1. The zero-order valence-corrected chi connectivity index (χ0v) is 9.08. The molecule has 0 saturated carbocycles. The van der Waals surface area contributed by atoms with E-state index in [-0.39, 0.29) is 0 Å². The summed E-state index contributed by atoms with van der Waals surface area (Å²) in [5.41, 5.74) is 1.08. The molecule has 0 spiro atoms. The molecule has 70 valence electrons. The smallest absolute Gasteiger partial charge is 0.0501 e. The Kier molecular flexibility index (Phi) is 4.19. The zero-order chi connectivity index (χ0) is 9.68. The average Bonchev–Trinajstić information content (AvgIpc) is 2.15. The zero-order valence-electron chi connectivity index (χ0n) is 7.51. The lowest BCUT2D eigenvalue weighted by atomic mass is 10.3. The first kappa shape index (κ1) is 10.5. The van der Waals surface area contributed by atoms with Crippen LogP contribution in [0, 0.1) is 0 Å². The van der Waals surface area contributed by atoms with Crippen LogP contribution in [-0.4, -0.2) is 12.8 Å². The molecule has 1 aromatic carbocycles. The van der Waals surface area contributed by atoms with Gasteiger partial charge in [0, 0.05) is 15.6 Å². The van der Waals surface area contributed by atoms with E-state index in [0.29, 0.717) is 11.6 Å². The second-order valence-electron chi connectivity index (χ2n) is 2.60. The molecule has 0 bridgehead atoms. The number of benzene rings is 1. The van der Waals surface area contributed by atoms with E-state index in [0.717, 1.165) is 5.69 Å². The van der Waals surface area contributed by atoms with Gasteiger partial charge in [0.1, 0.15) is 0 Å². The first-order valence-corrected chi connectivity index (χ1v) is 5.54. The van der Waals surface area contributed by atoms with Gasteiger partial charge in [0.15, 0.2) is 0 Å². The van der Waals surface area contributed by atoms with E-state index < -0.39 is 0 Å². The maximum absolute atomic E-state index is 5.64. The van der Waals surface area contributed by atoms with Crippen molar-refractivity contribution in [1.29, 1.82) is 0 Å². The van der Waals surface area contributed by atoms with Gasteiger partial charge in [0.25, 0.3) is 0 Å². The van der Waals surface area contributed by atoms with Crippen LogP contribution in [0.4, 0.5) is 5.69 Å². The molecule has 0 heterocycles. The Hall–Kier alpha value is -0.600. The van der Waals surface area contributed by atoms with Crippen molar-refractivity contribution >= 4 is 29.1 Å². The number of thioether (sulfide) groups is 1. The third-order valence-corrected chi connectivity index (χ3v) is 2.41. The fourth-order valence-electron chi connectivity index (χ4n) is 0.931. The third kappa shape index (κ3) is 3.75. The largest absolute Gasteiger partial charge is 0.380 e. The SMILES string of the molecule is C=C(Cl)CNc1cccc(SC)c1. The van der Waals surface area contributed by atoms with Crippen LogP contribution in [0.3, 0.4) is 0 Å². The molecule has 1 aromatic rings. The maximum Gasteiger partial charge on any atom is 0.0501 e. The quantitative estimate of drug-likeness (QED) is 0.768. The molecular weight excluding hydrogens is 202 g/mol. The Labute approximate surface area is 88.2 Å². The number of hydrogen-bond donors (Lipinski definition) is 1. The minimum Gasteiger partial charge on any atom is -0.380 e. The Balaban J connectivity index is 2.61. The topological polar surface area (TPSA) is 12.0 Å². The van der Waals surface area contributed by atoms with Crippen LogP contribution in [-0.2, 0) is 0 Å². The van der Waals surface area contributed by atoms with Gasteiger partial charge in [-0.15, -0.1) is 11.8 Å². The summed E-state index contributed by atoms with van der Waals surface area (Å²) >= 11 is 7.36. The average molecular weight is 214 g/mol. The van der Waals surface area contributed by atoms with E-state index >= 15 is 0 Å². The molecular formula is C10H12ClNS. The molecule has 0 aromatic heterocycles. The normalized spacial score (nSPS) is 9.69. The molecule has 0 radical (unpaired) electrons. The molecule has 1 rings (SSSR count). The van der Waals surface area contributed by atoms with Gasteiger partial charge in [-0.25, -0.2) is 0 Å². The fraction of sp³-hybridized carbons (Fsp3) is 0.200. The number of rotatable bonds is 4. The second-order valence-corrected chi connectivity index (χ2v) is 4.02. The van der Waals surface area contributed by atoms with E-state index in [1.807, 2.05) is 12.1 Å². The standard InChI is InChI=1S/C10H12ClNS/c1-8(11)7-12-9-4-3-5-10(6-9)13-2/h3-6,12H,1,7H2,2H3. The van der Waals surface area contributed by atoms with Crippen molar-refractivity contribution in [3.05, 3.63) is 35.9 Å². The Morgan fingerprint density at radius 3 is 3.00 bits per heavy atom. The number of anilines is 1. The molecule has 0 amide bonds. The van der Waals surface area contributed by atoms with Gasteiger partial charge < -0.3 is 5.32 Å². The van der Waals surface area contributed by atoms with Crippen LogP contribution < -0.4 is 5.32 Å². The Morgan fingerprint density at radius 2 is 2.38 bits per heavy atom. The third-order valence-electron chi connectivity index (χ3n) is 1.55. The predicted octanol–water partition coefficient (Wildman–Crippen LogP) is 3.57. The van der Waals surface area contributed by atoms with Crippen molar-refractivity contribution < 1.29 is 0 Å². The van der Waals surface area contributed by atoms with Gasteiger partial charge in [0.2, 0.25) is 0 Å². The van der Waals surface area contributed by atoms with E-state index in [4.69, 9.17) is 11.6 Å². The maximum atomic E-state index is 5.64. The molecule has 1 nitrogen and oxygen atoms in total. The van der Waals surface area contributed by atoms with Crippen molar-refractivity contribution in [3.8, 4) is 0 Å². The van der Waals surface area contributed by atoms with Crippen LogP contribution in [0.5, 0.6) is 0 Å². The minimum atomic E-state index is 0.611. The molecule has 1 N–H and O–H groups in total. The van der Waals surface area contributed by atoms with Crippen LogP contribution in [0.2, 0.25) is 0 Å². The highest BCUT2D eigenvalue weighted by molar-refractivity contribution is 7.98. The van der Waals surface area contributed by atoms with E-state index in [1.54, 1.807) is 11.8 Å². The molecule has 0 atom stereocenters. The van der Waals surface area contributed by atoms with Gasteiger partial charge in [-0.2, -0.15) is 0 Å². The highest BCUT2D eigenvalue weighted by Gasteiger charge is 1.94. The molecule has 0 aliphatic heterocycles. The van der Waals surface area contributed by atoms with Gasteiger partial charge >= 0.3 is 0 Å². The lowest BCUT2D eigenvalue weighted by Gasteiger charge is -2.05. The van der Waals surface area contributed by atoms with Gasteiger partial charge in [-0.3, -0.25) is 0 Å². The van der Waals surface area contributed by atoms with Crippen molar-refractivity contribution in [2.24, 2.45) is 0 Å². The van der Waals surface area contributed by atoms with E-state index in [9.17, 15) is 0 Å². The Morgan fingerprint density at radius 1 is 1.62 bits per heavy atom. The highest BCUT2D eigenvalue weighted by Crippen LogP contribution is 2.19. The monoisotopic (exact) mass is 213 g/mol. The summed E-state index contributed by atoms with van der Waals surface area (Å²) in [6.45, 7) is 4.22. The van der Waals surface area contributed by atoms with Crippen molar-refractivity contribution in [2.75, 3.05) is 18.1 Å². The first-order chi connectivity index (χ1) is 6.22. The summed E-state index contributed by atoms with van der Waals surface area (Å²) in [7, 11) is 0. The lowest BCUT2D eigenvalue weighted by molar-refractivity contribution is 1.30. The van der Waals surface area contributed by atoms with Gasteiger partial charge in [-0.1, -0.05) is 24.2 Å². The summed E-state index contributed by atoms with van der Waals surface area (Å²) < 4.78 is 0. The van der Waals surface area contributed by atoms with Crippen molar-refractivity contribution in [2.45, 2.75) is 4.90 Å². The highest BCUT2D eigenvalue weighted by atomic mass is 35.5. The van der Waals surface area contributed by atoms with Crippen LogP contribution in [0.25, 0.3) is 0 Å². The molecule has 13 heavy (non-hydrogen) atoms. The summed E-state index contributed by atoms with van der Waals surface area (Å²) in [6, 6.07) is 8.20. The molecule has 0 fully saturated rings. The molecule has 0 unspecified atom stereocenters. The number of halogens is 1. The summed E-state index contributed by atoms with van der Waals surface area (Å²) in [4.78, 5) is 1.24. The van der Waals surface area contributed by atoms with Gasteiger partial charge in [-0.05, 0) is 24.5 Å². The summed E-state index contributed by atoms with van der Waals surface area (Å²) in [5, 5.41) is 3.79. The van der Waals surface area contributed by atoms with E-state index in [1.165, 1.54) is 4.90 Å². The first-order valence-electron chi connectivity index (χ1n) is 3.93. The lowest BCUT2D eigenvalue weighted by Crippen LogP contribution is -2.00. The van der Waals surface area contributed by atoms with E-state index in [2.05, 4.69) is 30.3 Å². The second kappa shape index (κ2) is 5.20. The van der Waals surface area contributed by atoms with Crippen molar-refractivity contribution in [1.82, 2.24) is 0 Å². The van der Waals surface area contributed by atoms with Crippen LogP contribution >= 0.6 is 23.4 Å². The van der Waals surface area contributed by atoms with Gasteiger partial charge in [0.05, 0.1) is 6.54 Å².